The molecule has 1 heterocycles. The highest BCUT2D eigenvalue weighted by Gasteiger charge is 2.08. The zero-order chi connectivity index (χ0) is 10.6. The van der Waals surface area contributed by atoms with E-state index in [0.717, 1.165) is 6.07 Å². The van der Waals surface area contributed by atoms with Crippen LogP contribution in [0.2, 0.25) is 0 Å². The topological polar surface area (TPSA) is 92.0 Å². The Bertz CT molecular complexity index is 463. The zero-order valence-electron chi connectivity index (χ0n) is 6.99. The van der Waals surface area contributed by atoms with Crippen LogP contribution in [0.4, 0.5) is 0 Å². The fraction of sp³-hybridized carbons (Fsp3) is 0.125. The van der Waals surface area contributed by atoms with Gasteiger partial charge in [0.2, 0.25) is 0 Å². The number of H-pyrrole nitrogens is 2. The van der Waals surface area contributed by atoms with E-state index in [9.17, 15) is 14.4 Å². The van der Waals surface area contributed by atoms with Gasteiger partial charge in [0.05, 0.1) is 0 Å². The fourth-order valence-electron chi connectivity index (χ4n) is 0.764. The number of terminal acetylenes is 1. The summed E-state index contributed by atoms with van der Waals surface area (Å²) in [5, 5.41) is 0. The molecule has 0 saturated heterocycles. The molecule has 6 heteroatoms. The summed E-state index contributed by atoms with van der Waals surface area (Å²) in [4.78, 5) is 36.6. The molecule has 6 nitrogen and oxygen atoms in total. The van der Waals surface area contributed by atoms with Crippen LogP contribution in [0.5, 0.6) is 0 Å². The maximum absolute atomic E-state index is 11.1. The highest BCUT2D eigenvalue weighted by atomic mass is 16.5. The number of ether oxygens (including phenoxy) is 1. The van der Waals surface area contributed by atoms with Crippen LogP contribution in [-0.2, 0) is 4.74 Å². The van der Waals surface area contributed by atoms with E-state index in [4.69, 9.17) is 6.42 Å². The Labute approximate surface area is 77.9 Å². The van der Waals surface area contributed by atoms with Gasteiger partial charge >= 0.3 is 11.7 Å². The SMILES string of the molecule is C#CCOC(=O)c1cc(=O)[nH]c(=O)[nH]1. The molecule has 0 bridgehead atoms. The van der Waals surface area contributed by atoms with Gasteiger partial charge < -0.3 is 9.72 Å². The van der Waals surface area contributed by atoms with Crippen LogP contribution < -0.4 is 11.2 Å². The van der Waals surface area contributed by atoms with Gasteiger partial charge in [-0.15, -0.1) is 6.42 Å². The summed E-state index contributed by atoms with van der Waals surface area (Å²) in [6.45, 7) is -0.215. The monoisotopic (exact) mass is 194 g/mol. The maximum atomic E-state index is 11.1. The standard InChI is InChI=1S/C8H6N2O4/c1-2-3-14-7(12)5-4-6(11)10-8(13)9-5/h1,4H,3H2,(H2,9,10,11,13). The summed E-state index contributed by atoms with van der Waals surface area (Å²) in [5.74, 6) is 1.24. The van der Waals surface area contributed by atoms with Gasteiger partial charge in [-0.05, 0) is 0 Å². The predicted molar refractivity (Wildman–Crippen MR) is 46.8 cm³/mol. The molecule has 0 aliphatic carbocycles. The first-order valence-corrected chi connectivity index (χ1v) is 3.57. The van der Waals surface area contributed by atoms with Gasteiger partial charge in [-0.2, -0.15) is 0 Å². The Morgan fingerprint density at radius 1 is 1.50 bits per heavy atom. The van der Waals surface area contributed by atoms with Gasteiger partial charge in [0, 0.05) is 6.07 Å². The minimum Gasteiger partial charge on any atom is -0.448 e. The predicted octanol–water partition coefficient (Wildman–Crippen LogP) is -1.15. The van der Waals surface area contributed by atoms with Gasteiger partial charge in [0.1, 0.15) is 5.69 Å². The lowest BCUT2D eigenvalue weighted by molar-refractivity contribution is 0.0549. The van der Waals surface area contributed by atoms with Crippen molar-refractivity contribution in [1.82, 2.24) is 9.97 Å². The van der Waals surface area contributed by atoms with E-state index in [0.29, 0.717) is 0 Å². The minimum atomic E-state index is -0.842. The third-order valence-corrected chi connectivity index (χ3v) is 1.27. The molecule has 0 saturated carbocycles. The number of aromatic amines is 2. The maximum Gasteiger partial charge on any atom is 0.356 e. The van der Waals surface area contributed by atoms with Crippen LogP contribution >= 0.6 is 0 Å². The van der Waals surface area contributed by atoms with E-state index in [1.165, 1.54) is 0 Å². The van der Waals surface area contributed by atoms with Crippen molar-refractivity contribution in [3.8, 4) is 12.3 Å². The van der Waals surface area contributed by atoms with Gasteiger partial charge in [0.15, 0.2) is 6.61 Å². The second kappa shape index (κ2) is 4.09. The lowest BCUT2D eigenvalue weighted by Crippen LogP contribution is -2.25. The molecule has 0 unspecified atom stereocenters. The first-order chi connectivity index (χ1) is 6.63. The molecule has 0 aromatic carbocycles. The van der Waals surface area contributed by atoms with Gasteiger partial charge in [0.25, 0.3) is 5.56 Å². The van der Waals surface area contributed by atoms with Crippen LogP contribution in [0.15, 0.2) is 15.7 Å². The summed E-state index contributed by atoms with van der Waals surface area (Å²) in [7, 11) is 0. The first-order valence-electron chi connectivity index (χ1n) is 3.57. The molecule has 0 spiro atoms. The third-order valence-electron chi connectivity index (χ3n) is 1.27. The number of hydrogen-bond acceptors (Lipinski definition) is 4. The molecule has 1 aromatic rings. The van der Waals surface area contributed by atoms with E-state index in [1.807, 2.05) is 4.98 Å². The molecular formula is C8H6N2O4. The molecular weight excluding hydrogens is 188 g/mol. The average Bonchev–Trinajstić information content (AvgIpc) is 2.12. The van der Waals surface area contributed by atoms with Gasteiger partial charge in [-0.3, -0.25) is 9.78 Å². The summed E-state index contributed by atoms with van der Waals surface area (Å²) in [6.07, 6.45) is 4.85. The highest BCUT2D eigenvalue weighted by Crippen LogP contribution is 1.89. The molecule has 0 radical (unpaired) electrons. The summed E-state index contributed by atoms with van der Waals surface area (Å²) in [5.41, 5.74) is -1.68. The smallest absolute Gasteiger partial charge is 0.356 e. The number of carbonyl (C=O) groups excluding carboxylic acids is 1. The lowest BCUT2D eigenvalue weighted by atomic mass is 10.4. The van der Waals surface area contributed by atoms with Crippen molar-refractivity contribution in [2.45, 2.75) is 0 Å². The number of hydrogen-bond donors (Lipinski definition) is 2. The number of nitrogens with one attached hydrogen (secondary N) is 2. The summed E-state index contributed by atoms with van der Waals surface area (Å²) in [6, 6.07) is 0.917. The second-order valence-corrected chi connectivity index (χ2v) is 2.28. The second-order valence-electron chi connectivity index (χ2n) is 2.28. The molecule has 0 aliphatic rings. The van der Waals surface area contributed by atoms with Crippen molar-refractivity contribution in [1.29, 1.82) is 0 Å². The number of esters is 1. The van der Waals surface area contributed by atoms with Crippen molar-refractivity contribution in [2.75, 3.05) is 6.61 Å². The Morgan fingerprint density at radius 3 is 2.79 bits per heavy atom. The lowest BCUT2D eigenvalue weighted by Gasteiger charge is -1.98. The number of aromatic nitrogens is 2. The quantitative estimate of drug-likeness (QED) is 0.459. The largest absolute Gasteiger partial charge is 0.448 e. The van der Waals surface area contributed by atoms with E-state index in [1.54, 1.807) is 0 Å². The van der Waals surface area contributed by atoms with Crippen molar-refractivity contribution < 1.29 is 9.53 Å². The molecule has 2 N–H and O–H groups in total. The minimum absolute atomic E-state index is 0.215. The molecule has 0 aliphatic heterocycles. The number of carbonyl (C=O) groups is 1. The van der Waals surface area contributed by atoms with E-state index >= 15 is 0 Å². The number of rotatable bonds is 2. The van der Waals surface area contributed by atoms with Gasteiger partial charge in [-0.1, -0.05) is 5.92 Å². The van der Waals surface area contributed by atoms with E-state index in [-0.39, 0.29) is 12.3 Å². The van der Waals surface area contributed by atoms with Crippen LogP contribution in [0.25, 0.3) is 0 Å². The van der Waals surface area contributed by atoms with Gasteiger partial charge in [-0.25, -0.2) is 9.59 Å². The van der Waals surface area contributed by atoms with Crippen molar-refractivity contribution in [3.05, 3.63) is 32.6 Å². The normalized spacial score (nSPS) is 9.07. The first kappa shape index (κ1) is 9.80. The molecule has 0 fully saturated rings. The highest BCUT2D eigenvalue weighted by molar-refractivity contribution is 5.87. The fourth-order valence-corrected chi connectivity index (χ4v) is 0.764. The molecule has 0 amide bonds. The van der Waals surface area contributed by atoms with E-state index in [2.05, 4.69) is 15.6 Å². The molecule has 72 valence electrons. The van der Waals surface area contributed by atoms with Crippen molar-refractivity contribution >= 4 is 5.97 Å². The zero-order valence-corrected chi connectivity index (χ0v) is 6.99. The molecule has 1 aromatic heterocycles. The third kappa shape index (κ3) is 2.35. The Kier molecular flexibility index (Phi) is 2.86. The Hall–Kier alpha value is -2.29. The molecule has 1 rings (SSSR count). The van der Waals surface area contributed by atoms with Crippen LogP contribution in [0.1, 0.15) is 10.5 Å². The van der Waals surface area contributed by atoms with Crippen LogP contribution in [0, 0.1) is 12.3 Å². The van der Waals surface area contributed by atoms with Crippen LogP contribution in [-0.4, -0.2) is 22.5 Å². The van der Waals surface area contributed by atoms with E-state index < -0.39 is 17.2 Å². The van der Waals surface area contributed by atoms with Crippen molar-refractivity contribution in [2.24, 2.45) is 0 Å². The Balaban J connectivity index is 2.97. The molecule has 14 heavy (non-hydrogen) atoms. The summed E-state index contributed by atoms with van der Waals surface area (Å²) < 4.78 is 4.49. The van der Waals surface area contributed by atoms with Crippen LogP contribution in [0.3, 0.4) is 0 Å². The Morgan fingerprint density at radius 2 is 2.21 bits per heavy atom. The average molecular weight is 194 g/mol. The van der Waals surface area contributed by atoms with Crippen molar-refractivity contribution in [3.63, 3.8) is 0 Å². The molecule has 0 atom stereocenters. The summed E-state index contributed by atoms with van der Waals surface area (Å²) >= 11 is 0.